The van der Waals surface area contributed by atoms with Crippen molar-refractivity contribution in [1.82, 2.24) is 4.37 Å². The van der Waals surface area contributed by atoms with Crippen LogP contribution in [0.2, 0.25) is 0 Å². The summed E-state index contributed by atoms with van der Waals surface area (Å²) < 4.78 is 4.12. The van der Waals surface area contributed by atoms with Gasteiger partial charge >= 0.3 is 0 Å². The Hall–Kier alpha value is -0.610. The molecular weight excluding hydrogens is 152 g/mol. The molecule has 0 saturated carbocycles. The molecule has 0 amide bonds. The summed E-state index contributed by atoms with van der Waals surface area (Å²) in [5.74, 6) is 0. The van der Waals surface area contributed by atoms with Crippen molar-refractivity contribution in [2.75, 3.05) is 5.73 Å². The van der Waals surface area contributed by atoms with E-state index in [4.69, 9.17) is 5.73 Å². The molecule has 0 radical (unpaired) electrons. The normalized spacial score (nSPS) is 10.7. The van der Waals surface area contributed by atoms with Gasteiger partial charge in [0.05, 0.1) is 5.69 Å². The molecule has 0 spiro atoms. The molecule has 0 bridgehead atoms. The van der Waals surface area contributed by atoms with Gasteiger partial charge in [0.2, 0.25) is 0 Å². The molecular formula is C5H4N2S2. The summed E-state index contributed by atoms with van der Waals surface area (Å²) in [6.45, 7) is 0. The zero-order chi connectivity index (χ0) is 6.27. The molecule has 0 unspecified atom stereocenters. The Kier molecular flexibility index (Phi) is 0.972. The van der Waals surface area contributed by atoms with Gasteiger partial charge in [0, 0.05) is 16.1 Å². The lowest BCUT2D eigenvalue weighted by Gasteiger charge is -1.76. The van der Waals surface area contributed by atoms with Gasteiger partial charge in [-0.1, -0.05) is 0 Å². The zero-order valence-electron chi connectivity index (χ0n) is 4.50. The van der Waals surface area contributed by atoms with Gasteiger partial charge in [0.1, 0.15) is 4.83 Å². The van der Waals surface area contributed by atoms with E-state index in [-0.39, 0.29) is 0 Å². The molecule has 2 nitrogen and oxygen atoms in total. The maximum absolute atomic E-state index is 5.60. The second kappa shape index (κ2) is 1.68. The van der Waals surface area contributed by atoms with Gasteiger partial charge in [-0.05, 0) is 11.5 Å². The molecule has 46 valence electrons. The number of fused-ring (bicyclic) bond motifs is 1. The van der Waals surface area contributed by atoms with Gasteiger partial charge in [-0.25, -0.2) is 0 Å². The molecule has 0 aromatic carbocycles. The molecule has 0 aliphatic heterocycles. The number of nitrogens with zero attached hydrogens (tertiary/aromatic N) is 1. The number of hydrogen-bond donors (Lipinski definition) is 1. The summed E-state index contributed by atoms with van der Waals surface area (Å²) in [4.78, 5) is 1.05. The largest absolute Gasteiger partial charge is 0.397 e. The highest BCUT2D eigenvalue weighted by Crippen LogP contribution is 2.27. The third-order valence-corrected chi connectivity index (χ3v) is 2.80. The van der Waals surface area contributed by atoms with E-state index >= 15 is 0 Å². The van der Waals surface area contributed by atoms with Gasteiger partial charge in [-0.2, -0.15) is 4.37 Å². The van der Waals surface area contributed by atoms with Crippen molar-refractivity contribution in [3.63, 3.8) is 0 Å². The van der Waals surface area contributed by atoms with Gasteiger partial charge in [-0.3, -0.25) is 0 Å². The molecule has 0 aliphatic carbocycles. The minimum absolute atomic E-state index is 0.851. The van der Waals surface area contributed by atoms with Crippen LogP contribution in [0.4, 0.5) is 5.69 Å². The van der Waals surface area contributed by atoms with E-state index in [0.29, 0.717) is 0 Å². The van der Waals surface area contributed by atoms with Crippen LogP contribution in [0, 0.1) is 0 Å². The van der Waals surface area contributed by atoms with Crippen LogP contribution in [0.15, 0.2) is 10.8 Å². The predicted molar refractivity (Wildman–Crippen MR) is 41.9 cm³/mol. The van der Waals surface area contributed by atoms with Crippen molar-refractivity contribution in [2.24, 2.45) is 0 Å². The molecule has 0 fully saturated rings. The number of nitrogen functional groups attached to an aromatic ring is 1. The Morgan fingerprint density at radius 1 is 1.44 bits per heavy atom. The highest BCUT2D eigenvalue weighted by Gasteiger charge is 2.00. The number of hydrogen-bond acceptors (Lipinski definition) is 4. The van der Waals surface area contributed by atoms with Crippen LogP contribution in [0.3, 0.4) is 0 Å². The van der Waals surface area contributed by atoms with E-state index in [0.717, 1.165) is 15.9 Å². The van der Waals surface area contributed by atoms with Gasteiger partial charge < -0.3 is 5.73 Å². The van der Waals surface area contributed by atoms with Crippen LogP contribution in [0.1, 0.15) is 0 Å². The highest BCUT2D eigenvalue weighted by molar-refractivity contribution is 7.19. The van der Waals surface area contributed by atoms with Crippen molar-refractivity contribution in [1.29, 1.82) is 0 Å². The number of anilines is 1. The van der Waals surface area contributed by atoms with Crippen LogP contribution in [0.25, 0.3) is 10.2 Å². The van der Waals surface area contributed by atoms with Crippen molar-refractivity contribution in [3.8, 4) is 0 Å². The average Bonchev–Trinajstić information content (AvgIpc) is 2.35. The van der Waals surface area contributed by atoms with E-state index in [1.54, 1.807) is 11.3 Å². The van der Waals surface area contributed by atoms with Crippen molar-refractivity contribution in [2.45, 2.75) is 0 Å². The maximum Gasteiger partial charge on any atom is 0.139 e. The van der Waals surface area contributed by atoms with Crippen molar-refractivity contribution in [3.05, 3.63) is 10.8 Å². The lowest BCUT2D eigenvalue weighted by atomic mass is 10.4. The molecule has 2 rings (SSSR count). The topological polar surface area (TPSA) is 38.9 Å². The summed E-state index contributed by atoms with van der Waals surface area (Å²) in [6, 6.07) is 0. The van der Waals surface area contributed by atoms with Gasteiger partial charge in [-0.15, -0.1) is 11.3 Å². The number of rotatable bonds is 0. The minimum Gasteiger partial charge on any atom is -0.397 e. The summed E-state index contributed by atoms with van der Waals surface area (Å²) >= 11 is 3.05. The fraction of sp³-hybridized carbons (Fsp3) is 0. The molecule has 9 heavy (non-hydrogen) atoms. The zero-order valence-corrected chi connectivity index (χ0v) is 6.13. The lowest BCUT2D eigenvalue weighted by molar-refractivity contribution is 1.76. The molecule has 2 heterocycles. The van der Waals surface area contributed by atoms with Crippen molar-refractivity contribution < 1.29 is 0 Å². The van der Waals surface area contributed by atoms with E-state index in [2.05, 4.69) is 4.37 Å². The van der Waals surface area contributed by atoms with E-state index in [1.807, 2.05) is 10.8 Å². The summed E-state index contributed by atoms with van der Waals surface area (Å²) in [6.07, 6.45) is 0. The standard InChI is InChI=1S/C5H4N2S2/c6-4-2-8-5-3(4)1-9-7-5/h1-2H,6H2. The molecule has 2 aromatic heterocycles. The Labute approximate surface area is 60.1 Å². The van der Waals surface area contributed by atoms with E-state index in [1.165, 1.54) is 11.5 Å². The smallest absolute Gasteiger partial charge is 0.139 e. The van der Waals surface area contributed by atoms with E-state index < -0.39 is 0 Å². The van der Waals surface area contributed by atoms with Crippen LogP contribution >= 0.6 is 22.9 Å². The quantitative estimate of drug-likeness (QED) is 0.633. The van der Waals surface area contributed by atoms with Crippen LogP contribution in [-0.4, -0.2) is 4.37 Å². The Bertz CT molecular complexity index is 322. The molecule has 0 atom stereocenters. The van der Waals surface area contributed by atoms with Gasteiger partial charge in [0.15, 0.2) is 0 Å². The van der Waals surface area contributed by atoms with Crippen LogP contribution in [0.5, 0.6) is 0 Å². The van der Waals surface area contributed by atoms with Crippen LogP contribution < -0.4 is 5.73 Å². The average molecular weight is 156 g/mol. The van der Waals surface area contributed by atoms with Crippen molar-refractivity contribution >= 4 is 38.8 Å². The SMILES string of the molecule is Nc1csc2nscc12. The first-order valence-electron chi connectivity index (χ1n) is 2.45. The predicted octanol–water partition coefficient (Wildman–Crippen LogP) is 1.94. The Morgan fingerprint density at radius 2 is 2.33 bits per heavy atom. The minimum atomic E-state index is 0.851. The summed E-state index contributed by atoms with van der Waals surface area (Å²) in [7, 11) is 0. The molecule has 0 aliphatic rings. The van der Waals surface area contributed by atoms with Gasteiger partial charge in [0.25, 0.3) is 0 Å². The molecule has 4 heteroatoms. The van der Waals surface area contributed by atoms with Crippen LogP contribution in [-0.2, 0) is 0 Å². The second-order valence-electron chi connectivity index (χ2n) is 1.72. The number of thiophene rings is 1. The fourth-order valence-electron chi connectivity index (χ4n) is 0.686. The lowest BCUT2D eigenvalue weighted by Crippen LogP contribution is -1.76. The van der Waals surface area contributed by atoms with E-state index in [9.17, 15) is 0 Å². The Balaban J connectivity index is 2.99. The maximum atomic E-state index is 5.60. The third-order valence-electron chi connectivity index (χ3n) is 1.15. The monoisotopic (exact) mass is 156 g/mol. The summed E-state index contributed by atoms with van der Waals surface area (Å²) in [5.41, 5.74) is 6.45. The third kappa shape index (κ3) is 0.635. The molecule has 2 N–H and O–H groups in total. The fourth-order valence-corrected chi connectivity index (χ4v) is 2.33. The second-order valence-corrected chi connectivity index (χ2v) is 3.21. The number of nitrogens with two attached hydrogens (primary N) is 1. The first-order valence-corrected chi connectivity index (χ1v) is 4.16. The Morgan fingerprint density at radius 3 is 3.11 bits per heavy atom. The first-order chi connectivity index (χ1) is 4.38. The number of aromatic nitrogens is 1. The summed E-state index contributed by atoms with van der Waals surface area (Å²) in [5, 5.41) is 5.00. The molecule has 0 saturated heterocycles. The molecule has 2 aromatic rings. The first kappa shape index (κ1) is 5.20. The highest BCUT2D eigenvalue weighted by atomic mass is 32.1.